The second-order valence-electron chi connectivity index (χ2n) is 5.16. The van der Waals surface area contributed by atoms with Crippen LogP contribution in [0.2, 0.25) is 0 Å². The second-order valence-corrected chi connectivity index (χ2v) is 6.30. The molecule has 2 N–H and O–H groups in total. The van der Waals surface area contributed by atoms with Gasteiger partial charge in [0.15, 0.2) is 0 Å². The maximum Gasteiger partial charge on any atom is 0.261 e. The molecule has 0 unspecified atom stereocenters. The van der Waals surface area contributed by atoms with Gasteiger partial charge < -0.3 is 10.6 Å². The number of hydrogen-bond donors (Lipinski definition) is 2. The summed E-state index contributed by atoms with van der Waals surface area (Å²) >= 11 is 1.68. The summed E-state index contributed by atoms with van der Waals surface area (Å²) in [5.41, 5.74) is 1.35. The number of rotatable bonds is 5. The molecule has 0 spiro atoms. The molecule has 1 saturated heterocycles. The molecular formula is C15H25ClN2OS. The third-order valence-corrected chi connectivity index (χ3v) is 4.89. The van der Waals surface area contributed by atoms with E-state index >= 15 is 0 Å². The Bertz CT molecular complexity index is 428. The Kier molecular flexibility index (Phi) is 7.56. The highest BCUT2D eigenvalue weighted by molar-refractivity contribution is 7.14. The van der Waals surface area contributed by atoms with Gasteiger partial charge in [-0.05, 0) is 50.4 Å². The fourth-order valence-corrected chi connectivity index (χ4v) is 3.80. The maximum absolute atomic E-state index is 12.3. The smallest absolute Gasteiger partial charge is 0.261 e. The van der Waals surface area contributed by atoms with Gasteiger partial charge in [0.25, 0.3) is 5.91 Å². The van der Waals surface area contributed by atoms with Crippen LogP contribution >= 0.6 is 23.7 Å². The normalized spacial score (nSPS) is 15.7. The molecule has 1 aromatic rings. The lowest BCUT2D eigenvalue weighted by Gasteiger charge is -2.23. The summed E-state index contributed by atoms with van der Waals surface area (Å²) in [6, 6.07) is 2.43. The summed E-state index contributed by atoms with van der Waals surface area (Å²) in [7, 11) is 0. The Morgan fingerprint density at radius 2 is 2.10 bits per heavy atom. The molecule has 0 saturated carbocycles. The van der Waals surface area contributed by atoms with Crippen LogP contribution in [0.5, 0.6) is 0 Å². The third kappa shape index (κ3) is 4.47. The quantitative estimate of drug-likeness (QED) is 0.876. The van der Waals surface area contributed by atoms with Crippen LogP contribution < -0.4 is 10.6 Å². The number of carbonyl (C=O) groups excluding carboxylic acids is 1. The Balaban J connectivity index is 0.00000200. The largest absolute Gasteiger partial charge is 0.349 e. The van der Waals surface area contributed by atoms with Gasteiger partial charge in [0, 0.05) is 10.9 Å². The lowest BCUT2D eigenvalue weighted by Crippen LogP contribution is -2.42. The topological polar surface area (TPSA) is 41.1 Å². The highest BCUT2D eigenvalue weighted by atomic mass is 35.5. The van der Waals surface area contributed by atoms with E-state index < -0.39 is 0 Å². The van der Waals surface area contributed by atoms with Gasteiger partial charge in [-0.1, -0.05) is 20.3 Å². The standard InChI is InChI=1S/C15H24N2OS.ClH/c1-3-5-13-11(4-2)10-14(19-13)15(18)17-12-6-8-16-9-7-12;/h10,12,16H,3-9H2,1-2H3,(H,17,18);1H. The first-order valence-corrected chi connectivity index (χ1v) is 8.19. The van der Waals surface area contributed by atoms with Crippen LogP contribution in [0.4, 0.5) is 0 Å². The van der Waals surface area contributed by atoms with Crippen LogP contribution in [0, 0.1) is 0 Å². The molecule has 0 bridgehead atoms. The first-order valence-electron chi connectivity index (χ1n) is 7.37. The van der Waals surface area contributed by atoms with Crippen molar-refractivity contribution in [3.63, 3.8) is 0 Å². The van der Waals surface area contributed by atoms with E-state index in [2.05, 4.69) is 30.5 Å². The Hall–Kier alpha value is -0.580. The minimum absolute atomic E-state index is 0. The average molecular weight is 317 g/mol. The van der Waals surface area contributed by atoms with Gasteiger partial charge in [0.1, 0.15) is 0 Å². The number of hydrogen-bond acceptors (Lipinski definition) is 3. The molecule has 0 aliphatic carbocycles. The van der Waals surface area contributed by atoms with Crippen molar-refractivity contribution < 1.29 is 4.79 Å². The lowest BCUT2D eigenvalue weighted by molar-refractivity contribution is 0.0933. The van der Waals surface area contributed by atoms with Gasteiger partial charge in [0.2, 0.25) is 0 Å². The number of nitrogens with one attached hydrogen (secondary N) is 2. The van der Waals surface area contributed by atoms with Crippen LogP contribution in [-0.4, -0.2) is 25.0 Å². The van der Waals surface area contributed by atoms with Gasteiger partial charge in [0.05, 0.1) is 4.88 Å². The summed E-state index contributed by atoms with van der Waals surface area (Å²) < 4.78 is 0. The number of piperidine rings is 1. The number of carbonyl (C=O) groups is 1. The molecule has 1 aliphatic heterocycles. The molecule has 1 aliphatic rings. The lowest BCUT2D eigenvalue weighted by atomic mass is 10.1. The van der Waals surface area contributed by atoms with Crippen LogP contribution in [-0.2, 0) is 12.8 Å². The number of aryl methyl sites for hydroxylation is 2. The van der Waals surface area contributed by atoms with Crippen LogP contribution in [0.3, 0.4) is 0 Å². The molecule has 114 valence electrons. The van der Waals surface area contributed by atoms with Crippen LogP contribution in [0.25, 0.3) is 0 Å². The van der Waals surface area contributed by atoms with E-state index in [-0.39, 0.29) is 18.3 Å². The minimum atomic E-state index is 0. The number of amides is 1. The van der Waals surface area contributed by atoms with Crippen molar-refractivity contribution in [1.29, 1.82) is 0 Å². The van der Waals surface area contributed by atoms with E-state index in [1.54, 1.807) is 11.3 Å². The zero-order valence-corrected chi connectivity index (χ0v) is 14.0. The minimum Gasteiger partial charge on any atom is -0.349 e. The third-order valence-electron chi connectivity index (χ3n) is 3.65. The summed E-state index contributed by atoms with van der Waals surface area (Å²) in [6.07, 6.45) is 5.34. The van der Waals surface area contributed by atoms with E-state index in [0.29, 0.717) is 6.04 Å². The molecular weight excluding hydrogens is 292 g/mol. The van der Waals surface area contributed by atoms with Crippen molar-refractivity contribution in [2.24, 2.45) is 0 Å². The van der Waals surface area contributed by atoms with Crippen LogP contribution in [0.15, 0.2) is 6.07 Å². The first-order chi connectivity index (χ1) is 9.24. The van der Waals surface area contributed by atoms with Gasteiger partial charge >= 0.3 is 0 Å². The Morgan fingerprint density at radius 3 is 2.70 bits per heavy atom. The highest BCUT2D eigenvalue weighted by Gasteiger charge is 2.18. The zero-order chi connectivity index (χ0) is 13.7. The predicted octanol–water partition coefficient (Wildman–Crippen LogP) is 3.17. The van der Waals surface area contributed by atoms with Crippen molar-refractivity contribution in [2.45, 2.75) is 52.0 Å². The Labute approximate surface area is 131 Å². The summed E-state index contributed by atoms with van der Waals surface area (Å²) in [5.74, 6) is 0.119. The number of halogens is 1. The maximum atomic E-state index is 12.3. The fraction of sp³-hybridized carbons (Fsp3) is 0.667. The molecule has 0 aromatic carbocycles. The van der Waals surface area contributed by atoms with E-state index in [4.69, 9.17) is 0 Å². The molecule has 1 fully saturated rings. The van der Waals surface area contributed by atoms with Gasteiger partial charge in [-0.2, -0.15) is 0 Å². The van der Waals surface area contributed by atoms with E-state index in [0.717, 1.165) is 50.1 Å². The van der Waals surface area contributed by atoms with Crippen molar-refractivity contribution in [2.75, 3.05) is 13.1 Å². The number of thiophene rings is 1. The van der Waals surface area contributed by atoms with Gasteiger partial charge in [-0.15, -0.1) is 23.7 Å². The Morgan fingerprint density at radius 1 is 1.40 bits per heavy atom. The monoisotopic (exact) mass is 316 g/mol. The highest BCUT2D eigenvalue weighted by Crippen LogP contribution is 2.24. The molecule has 3 nitrogen and oxygen atoms in total. The van der Waals surface area contributed by atoms with Crippen molar-refractivity contribution in [3.8, 4) is 0 Å². The van der Waals surface area contributed by atoms with Gasteiger partial charge in [-0.3, -0.25) is 4.79 Å². The predicted molar refractivity (Wildman–Crippen MR) is 88.3 cm³/mol. The molecule has 1 aromatic heterocycles. The molecule has 1 amide bonds. The summed E-state index contributed by atoms with van der Waals surface area (Å²) in [6.45, 7) is 6.37. The van der Waals surface area contributed by atoms with E-state index in [9.17, 15) is 4.79 Å². The second kappa shape index (κ2) is 8.65. The SMILES string of the molecule is CCCc1sc(C(=O)NC2CCNCC2)cc1CC.Cl. The molecule has 2 heterocycles. The van der Waals surface area contributed by atoms with E-state index in [1.807, 2.05) is 0 Å². The molecule has 5 heteroatoms. The zero-order valence-electron chi connectivity index (χ0n) is 12.3. The first kappa shape index (κ1) is 17.5. The van der Waals surface area contributed by atoms with Crippen molar-refractivity contribution in [3.05, 3.63) is 21.4 Å². The average Bonchev–Trinajstić information content (AvgIpc) is 2.83. The van der Waals surface area contributed by atoms with Gasteiger partial charge in [-0.25, -0.2) is 0 Å². The van der Waals surface area contributed by atoms with Crippen molar-refractivity contribution >= 4 is 29.7 Å². The molecule has 2 rings (SSSR count). The molecule has 0 atom stereocenters. The summed E-state index contributed by atoms with van der Waals surface area (Å²) in [4.78, 5) is 14.6. The van der Waals surface area contributed by atoms with Crippen molar-refractivity contribution in [1.82, 2.24) is 10.6 Å². The summed E-state index contributed by atoms with van der Waals surface area (Å²) in [5, 5.41) is 6.49. The van der Waals surface area contributed by atoms with Crippen LogP contribution in [0.1, 0.15) is 53.2 Å². The van der Waals surface area contributed by atoms with E-state index in [1.165, 1.54) is 10.4 Å². The fourth-order valence-electron chi connectivity index (χ4n) is 2.54. The molecule has 20 heavy (non-hydrogen) atoms. The molecule has 0 radical (unpaired) electrons.